The highest BCUT2D eigenvalue weighted by Crippen LogP contribution is 2.32. The highest BCUT2D eigenvalue weighted by molar-refractivity contribution is 7.22. The monoisotopic (exact) mass is 456 g/mol. The number of hydrogen-bond acceptors (Lipinski definition) is 9. The van der Waals surface area contributed by atoms with Gasteiger partial charge in [0, 0.05) is 37.9 Å². The van der Waals surface area contributed by atoms with Gasteiger partial charge in [-0.1, -0.05) is 18.3 Å². The number of hydrogen-bond donors (Lipinski definition) is 1. The topological polar surface area (TPSA) is 102 Å². The number of likely N-dealkylation sites (N-methyl/N-ethyl adjacent to an activating group) is 1. The van der Waals surface area contributed by atoms with Crippen LogP contribution in [0.2, 0.25) is 0 Å². The van der Waals surface area contributed by atoms with E-state index in [1.807, 2.05) is 0 Å². The molecule has 10 nitrogen and oxygen atoms in total. The number of anilines is 2. The highest BCUT2D eigenvalue weighted by Gasteiger charge is 2.21. The summed E-state index contributed by atoms with van der Waals surface area (Å²) in [7, 11) is 0. The number of benzene rings is 1. The van der Waals surface area contributed by atoms with Crippen LogP contribution < -0.4 is 25.2 Å². The second-order valence-corrected chi connectivity index (χ2v) is 8.63. The number of carbonyl (C=O) groups is 1. The molecule has 0 atom stereocenters. The first-order valence-corrected chi connectivity index (χ1v) is 11.4. The average Bonchev–Trinajstić information content (AvgIpc) is 3.26. The Bertz CT molecular complexity index is 1200. The van der Waals surface area contributed by atoms with E-state index in [9.17, 15) is 9.59 Å². The molecule has 0 radical (unpaired) electrons. The molecule has 32 heavy (non-hydrogen) atoms. The standard InChI is InChI=1S/C21H24N6O4S/c1-2-25-5-7-26(8-6-25)21-24-19-18(32-21)20(29)27(13-22-19)12-17(28)23-14-3-4-15-16(11-14)31-10-9-30-15/h3-4,11,13H,2,5-10,12H2,1H3,(H,23,28). The van der Waals surface area contributed by atoms with Crippen molar-refractivity contribution in [2.24, 2.45) is 0 Å². The molecular weight excluding hydrogens is 432 g/mol. The summed E-state index contributed by atoms with van der Waals surface area (Å²) in [5.74, 6) is 0.911. The van der Waals surface area contributed by atoms with Crippen LogP contribution in [-0.4, -0.2) is 71.3 Å². The Morgan fingerprint density at radius 2 is 1.94 bits per heavy atom. The minimum atomic E-state index is -0.328. The molecule has 0 spiro atoms. The van der Waals surface area contributed by atoms with Crippen LogP contribution in [0.15, 0.2) is 29.3 Å². The van der Waals surface area contributed by atoms with Crippen molar-refractivity contribution in [3.8, 4) is 11.5 Å². The van der Waals surface area contributed by atoms with Crippen LogP contribution in [0.1, 0.15) is 6.92 Å². The smallest absolute Gasteiger partial charge is 0.273 e. The van der Waals surface area contributed by atoms with E-state index in [4.69, 9.17) is 9.47 Å². The normalized spacial score (nSPS) is 16.3. The number of ether oxygens (including phenoxy) is 2. The molecule has 3 aromatic rings. The fourth-order valence-electron chi connectivity index (χ4n) is 3.81. The lowest BCUT2D eigenvalue weighted by molar-refractivity contribution is -0.116. The molecule has 2 aromatic heterocycles. The Balaban J connectivity index is 1.29. The van der Waals surface area contributed by atoms with E-state index in [2.05, 4.69) is 32.0 Å². The molecule has 2 aliphatic heterocycles. The van der Waals surface area contributed by atoms with Gasteiger partial charge in [0.25, 0.3) is 5.56 Å². The lowest BCUT2D eigenvalue weighted by Crippen LogP contribution is -2.46. The van der Waals surface area contributed by atoms with Crippen LogP contribution in [0.5, 0.6) is 11.5 Å². The molecule has 1 amide bonds. The van der Waals surface area contributed by atoms with E-state index in [0.717, 1.165) is 37.9 Å². The summed E-state index contributed by atoms with van der Waals surface area (Å²) in [6.45, 7) is 7.73. The summed E-state index contributed by atoms with van der Waals surface area (Å²) in [5.41, 5.74) is 0.743. The van der Waals surface area contributed by atoms with Crippen molar-refractivity contribution in [2.45, 2.75) is 13.5 Å². The Morgan fingerprint density at radius 3 is 2.72 bits per heavy atom. The van der Waals surface area contributed by atoms with Crippen LogP contribution in [0.4, 0.5) is 10.8 Å². The number of nitrogens with zero attached hydrogens (tertiary/aromatic N) is 5. The van der Waals surface area contributed by atoms with Crippen LogP contribution in [0, 0.1) is 0 Å². The third-order valence-electron chi connectivity index (χ3n) is 5.60. The molecule has 1 fully saturated rings. The maximum atomic E-state index is 13.0. The number of thiazole rings is 1. The van der Waals surface area contributed by atoms with E-state index in [0.29, 0.717) is 40.7 Å². The Morgan fingerprint density at radius 1 is 1.16 bits per heavy atom. The van der Waals surface area contributed by atoms with Gasteiger partial charge in [0.2, 0.25) is 5.91 Å². The van der Waals surface area contributed by atoms with Gasteiger partial charge in [0.1, 0.15) is 30.8 Å². The number of carbonyl (C=O) groups excluding carboxylic acids is 1. The second kappa shape index (κ2) is 8.75. The molecule has 0 bridgehead atoms. The molecular formula is C21H24N6O4S. The summed E-state index contributed by atoms with van der Waals surface area (Å²) < 4.78 is 12.8. The van der Waals surface area contributed by atoms with E-state index in [1.165, 1.54) is 22.2 Å². The van der Waals surface area contributed by atoms with Crippen molar-refractivity contribution in [3.05, 3.63) is 34.9 Å². The number of fused-ring (bicyclic) bond motifs is 2. The van der Waals surface area contributed by atoms with Gasteiger partial charge in [0.05, 0.1) is 0 Å². The van der Waals surface area contributed by atoms with Crippen LogP contribution >= 0.6 is 11.3 Å². The minimum absolute atomic E-state index is 0.140. The first-order valence-electron chi connectivity index (χ1n) is 10.6. The van der Waals surface area contributed by atoms with Gasteiger partial charge in [-0.2, -0.15) is 4.98 Å². The first-order chi connectivity index (χ1) is 15.6. The van der Waals surface area contributed by atoms with Gasteiger partial charge < -0.3 is 24.6 Å². The Labute approximate surface area is 188 Å². The Kier molecular flexibility index (Phi) is 5.66. The van der Waals surface area contributed by atoms with E-state index < -0.39 is 0 Å². The van der Waals surface area contributed by atoms with Crippen LogP contribution in [-0.2, 0) is 11.3 Å². The van der Waals surface area contributed by atoms with Crippen molar-refractivity contribution in [1.82, 2.24) is 19.4 Å². The zero-order chi connectivity index (χ0) is 22.1. The van der Waals surface area contributed by atoms with Gasteiger partial charge in [-0.3, -0.25) is 14.2 Å². The van der Waals surface area contributed by atoms with Crippen molar-refractivity contribution in [2.75, 3.05) is 56.2 Å². The molecule has 1 saturated heterocycles. The summed E-state index contributed by atoms with van der Waals surface area (Å²) in [4.78, 5) is 38.9. The number of amides is 1. The number of aromatic nitrogens is 3. The molecule has 2 aliphatic rings. The lowest BCUT2D eigenvalue weighted by atomic mass is 10.2. The number of rotatable bonds is 5. The van der Waals surface area contributed by atoms with Crippen LogP contribution in [0.25, 0.3) is 10.3 Å². The van der Waals surface area contributed by atoms with Crippen molar-refractivity contribution in [3.63, 3.8) is 0 Å². The van der Waals surface area contributed by atoms with Crippen LogP contribution in [0.3, 0.4) is 0 Å². The maximum absolute atomic E-state index is 13.0. The summed E-state index contributed by atoms with van der Waals surface area (Å²) in [6.07, 6.45) is 1.38. The molecule has 0 saturated carbocycles. The quantitative estimate of drug-likeness (QED) is 0.615. The summed E-state index contributed by atoms with van der Waals surface area (Å²) in [6, 6.07) is 5.21. The van der Waals surface area contributed by atoms with Crippen molar-refractivity contribution >= 4 is 38.4 Å². The fraction of sp³-hybridized carbons (Fsp3) is 0.429. The van der Waals surface area contributed by atoms with Gasteiger partial charge in [-0.25, -0.2) is 4.98 Å². The predicted octanol–water partition coefficient (Wildman–Crippen LogP) is 1.40. The SMILES string of the molecule is CCN1CCN(c2nc3ncn(CC(=O)Nc4ccc5c(c4)OCCO5)c(=O)c3s2)CC1. The molecule has 11 heteroatoms. The molecule has 168 valence electrons. The Hall–Kier alpha value is -3.18. The second-order valence-electron chi connectivity index (χ2n) is 7.65. The predicted molar refractivity (Wildman–Crippen MR) is 122 cm³/mol. The molecule has 4 heterocycles. The third-order valence-corrected chi connectivity index (χ3v) is 6.70. The van der Waals surface area contributed by atoms with E-state index >= 15 is 0 Å². The number of nitrogens with one attached hydrogen (secondary N) is 1. The van der Waals surface area contributed by atoms with E-state index in [-0.39, 0.29) is 18.0 Å². The molecule has 1 N–H and O–H groups in total. The zero-order valence-corrected chi connectivity index (χ0v) is 18.6. The van der Waals surface area contributed by atoms with E-state index in [1.54, 1.807) is 18.2 Å². The van der Waals surface area contributed by atoms with Gasteiger partial charge in [-0.05, 0) is 18.7 Å². The first kappa shape index (κ1) is 20.7. The average molecular weight is 457 g/mol. The third kappa shape index (κ3) is 4.13. The largest absolute Gasteiger partial charge is 0.486 e. The van der Waals surface area contributed by atoms with Crippen molar-refractivity contribution < 1.29 is 14.3 Å². The zero-order valence-electron chi connectivity index (χ0n) is 17.7. The molecule has 0 unspecified atom stereocenters. The molecule has 0 aliphatic carbocycles. The lowest BCUT2D eigenvalue weighted by Gasteiger charge is -2.33. The minimum Gasteiger partial charge on any atom is -0.486 e. The fourth-order valence-corrected chi connectivity index (χ4v) is 4.84. The highest BCUT2D eigenvalue weighted by atomic mass is 32.1. The maximum Gasteiger partial charge on any atom is 0.273 e. The van der Waals surface area contributed by atoms with Gasteiger partial charge in [0.15, 0.2) is 22.3 Å². The molecule has 1 aromatic carbocycles. The van der Waals surface area contributed by atoms with Gasteiger partial charge in [-0.15, -0.1) is 0 Å². The molecule has 5 rings (SSSR count). The summed E-state index contributed by atoms with van der Waals surface area (Å²) >= 11 is 1.34. The van der Waals surface area contributed by atoms with Crippen molar-refractivity contribution in [1.29, 1.82) is 0 Å². The van der Waals surface area contributed by atoms with Gasteiger partial charge >= 0.3 is 0 Å². The summed E-state index contributed by atoms with van der Waals surface area (Å²) in [5, 5.41) is 3.60. The number of piperazine rings is 1.